The minimum absolute atomic E-state index is 0.0407. The molecule has 0 saturated carbocycles. The number of nitrogens with one attached hydrogen (secondary N) is 2. The van der Waals surface area contributed by atoms with Crippen LogP contribution in [0.25, 0.3) is 0 Å². The molecule has 0 aliphatic rings. The summed E-state index contributed by atoms with van der Waals surface area (Å²) in [6, 6.07) is 9.18. The largest absolute Gasteiger partial charge is 0.360 e. The van der Waals surface area contributed by atoms with E-state index in [9.17, 15) is 13.2 Å². The van der Waals surface area contributed by atoms with Crippen LogP contribution in [0.1, 0.15) is 20.3 Å². The standard InChI is InChI=1S/C16H14ClN3O4S2/c1-9-7-15(19-24-9)18-16(21)13-8-14(10(2)25-13)26(22,23)20-12-5-3-11(17)4-6-12/h3-8,20H,1-2H3,(H,18,19,21). The number of nitrogens with zero attached hydrogens (tertiary/aromatic N) is 1. The normalized spacial score (nSPS) is 11.3. The second-order valence-corrected chi connectivity index (χ2v) is 8.76. The van der Waals surface area contributed by atoms with E-state index in [2.05, 4.69) is 15.2 Å². The van der Waals surface area contributed by atoms with Crippen molar-refractivity contribution in [3.8, 4) is 0 Å². The monoisotopic (exact) mass is 411 g/mol. The van der Waals surface area contributed by atoms with Gasteiger partial charge in [0.05, 0.1) is 4.88 Å². The molecule has 2 N–H and O–H groups in total. The van der Waals surface area contributed by atoms with E-state index in [1.165, 1.54) is 6.07 Å². The Bertz CT molecular complexity index is 1060. The predicted octanol–water partition coefficient (Wildman–Crippen LogP) is 4.06. The molecule has 1 amide bonds. The number of aryl methyl sites for hydroxylation is 2. The lowest BCUT2D eigenvalue weighted by molar-refractivity contribution is 0.102. The summed E-state index contributed by atoms with van der Waals surface area (Å²) in [4.78, 5) is 13.1. The zero-order chi connectivity index (χ0) is 18.9. The van der Waals surface area contributed by atoms with Gasteiger partial charge in [-0.3, -0.25) is 9.52 Å². The Hall–Kier alpha value is -2.36. The van der Waals surface area contributed by atoms with Gasteiger partial charge >= 0.3 is 0 Å². The van der Waals surface area contributed by atoms with E-state index < -0.39 is 15.9 Å². The molecule has 136 valence electrons. The van der Waals surface area contributed by atoms with Gasteiger partial charge in [-0.2, -0.15) is 0 Å². The van der Waals surface area contributed by atoms with Crippen LogP contribution in [0.5, 0.6) is 0 Å². The summed E-state index contributed by atoms with van der Waals surface area (Å²) >= 11 is 6.88. The molecule has 0 aliphatic heterocycles. The number of halogens is 1. The second kappa shape index (κ2) is 7.10. The summed E-state index contributed by atoms with van der Waals surface area (Å²) in [7, 11) is -3.84. The highest BCUT2D eigenvalue weighted by atomic mass is 35.5. The molecular weight excluding hydrogens is 398 g/mol. The van der Waals surface area contributed by atoms with Crippen molar-refractivity contribution in [2.24, 2.45) is 0 Å². The summed E-state index contributed by atoms with van der Waals surface area (Å²) in [5.41, 5.74) is 0.379. The first-order valence-corrected chi connectivity index (χ1v) is 10.1. The fourth-order valence-corrected chi connectivity index (χ4v) is 4.85. The Kier molecular flexibility index (Phi) is 5.03. The van der Waals surface area contributed by atoms with Crippen LogP contribution in [0.15, 0.2) is 45.8 Å². The third-order valence-electron chi connectivity index (χ3n) is 3.35. The first kappa shape index (κ1) is 18.4. The summed E-state index contributed by atoms with van der Waals surface area (Å²) in [5.74, 6) is 0.361. The van der Waals surface area contributed by atoms with Crippen molar-refractivity contribution in [2.45, 2.75) is 18.7 Å². The summed E-state index contributed by atoms with van der Waals surface area (Å²) < 4.78 is 32.6. The van der Waals surface area contributed by atoms with Gasteiger partial charge in [-0.25, -0.2) is 8.42 Å². The topological polar surface area (TPSA) is 101 Å². The molecule has 3 rings (SSSR count). The maximum atomic E-state index is 12.6. The minimum Gasteiger partial charge on any atom is -0.360 e. The van der Waals surface area contributed by atoms with Crippen LogP contribution in [0.2, 0.25) is 5.02 Å². The van der Waals surface area contributed by atoms with Crippen molar-refractivity contribution in [1.82, 2.24) is 5.16 Å². The van der Waals surface area contributed by atoms with Crippen molar-refractivity contribution in [3.05, 3.63) is 56.9 Å². The van der Waals surface area contributed by atoms with Crippen molar-refractivity contribution in [1.29, 1.82) is 0 Å². The maximum absolute atomic E-state index is 12.6. The van der Waals surface area contributed by atoms with E-state index in [4.69, 9.17) is 16.1 Å². The molecular formula is C16H14ClN3O4S2. The number of hydrogen-bond donors (Lipinski definition) is 2. The molecule has 3 aromatic rings. The number of carbonyl (C=O) groups is 1. The van der Waals surface area contributed by atoms with E-state index in [1.54, 1.807) is 44.2 Å². The minimum atomic E-state index is -3.84. The van der Waals surface area contributed by atoms with Gasteiger partial charge in [0.25, 0.3) is 15.9 Å². The van der Waals surface area contributed by atoms with Crippen LogP contribution < -0.4 is 10.0 Å². The lowest BCUT2D eigenvalue weighted by Gasteiger charge is -2.07. The summed E-state index contributed by atoms with van der Waals surface area (Å²) in [5, 5.41) is 6.74. The zero-order valence-corrected chi connectivity index (χ0v) is 16.1. The van der Waals surface area contributed by atoms with Gasteiger partial charge in [0.2, 0.25) is 0 Å². The van der Waals surface area contributed by atoms with Crippen LogP contribution in [-0.2, 0) is 10.0 Å². The number of carbonyl (C=O) groups excluding carboxylic acids is 1. The van der Waals surface area contributed by atoms with Gasteiger partial charge < -0.3 is 9.84 Å². The highest BCUT2D eigenvalue weighted by Crippen LogP contribution is 2.28. The van der Waals surface area contributed by atoms with Crippen LogP contribution in [0, 0.1) is 13.8 Å². The predicted molar refractivity (Wildman–Crippen MR) is 101 cm³/mol. The smallest absolute Gasteiger partial charge is 0.267 e. The summed E-state index contributed by atoms with van der Waals surface area (Å²) in [6.07, 6.45) is 0. The number of anilines is 2. The van der Waals surface area contributed by atoms with E-state index in [0.717, 1.165) is 11.3 Å². The van der Waals surface area contributed by atoms with Gasteiger partial charge in [-0.1, -0.05) is 16.8 Å². The lowest BCUT2D eigenvalue weighted by atomic mass is 10.3. The molecule has 10 heteroatoms. The Morgan fingerprint density at radius 1 is 1.19 bits per heavy atom. The molecule has 2 heterocycles. The molecule has 2 aromatic heterocycles. The molecule has 0 spiro atoms. The summed E-state index contributed by atoms with van der Waals surface area (Å²) in [6.45, 7) is 3.34. The molecule has 0 fully saturated rings. The molecule has 0 aliphatic carbocycles. The Balaban J connectivity index is 1.82. The van der Waals surface area contributed by atoms with Crippen LogP contribution in [-0.4, -0.2) is 19.5 Å². The first-order valence-electron chi connectivity index (χ1n) is 7.38. The molecule has 0 unspecified atom stereocenters. The highest BCUT2D eigenvalue weighted by molar-refractivity contribution is 7.93. The quantitative estimate of drug-likeness (QED) is 0.659. The van der Waals surface area contributed by atoms with Crippen molar-refractivity contribution >= 4 is 50.4 Å². The number of aromatic nitrogens is 1. The molecule has 0 radical (unpaired) electrons. The number of hydrogen-bond acceptors (Lipinski definition) is 6. The molecule has 0 atom stereocenters. The van der Waals surface area contributed by atoms with E-state index in [1.807, 2.05) is 0 Å². The van der Waals surface area contributed by atoms with Crippen molar-refractivity contribution in [3.63, 3.8) is 0 Å². The zero-order valence-electron chi connectivity index (χ0n) is 13.7. The van der Waals surface area contributed by atoms with Gasteiger partial charge in [0.1, 0.15) is 10.7 Å². The molecule has 1 aromatic carbocycles. The lowest BCUT2D eigenvalue weighted by Crippen LogP contribution is -2.13. The molecule has 26 heavy (non-hydrogen) atoms. The fourth-order valence-electron chi connectivity index (χ4n) is 2.18. The Labute approximate surface area is 159 Å². The Morgan fingerprint density at radius 2 is 1.88 bits per heavy atom. The third-order valence-corrected chi connectivity index (χ3v) is 6.29. The Morgan fingerprint density at radius 3 is 2.50 bits per heavy atom. The fraction of sp³-hybridized carbons (Fsp3) is 0.125. The number of rotatable bonds is 5. The van der Waals surface area contributed by atoms with Gasteiger partial charge in [0, 0.05) is 21.7 Å². The molecule has 0 saturated heterocycles. The van der Waals surface area contributed by atoms with Crippen LogP contribution in [0.3, 0.4) is 0 Å². The van der Waals surface area contributed by atoms with Gasteiger partial charge in [-0.05, 0) is 44.2 Å². The molecule has 0 bridgehead atoms. The average molecular weight is 412 g/mol. The van der Waals surface area contributed by atoms with Gasteiger partial charge in [-0.15, -0.1) is 11.3 Å². The number of amides is 1. The van der Waals surface area contributed by atoms with Gasteiger partial charge in [0.15, 0.2) is 5.82 Å². The van der Waals surface area contributed by atoms with E-state index in [0.29, 0.717) is 21.3 Å². The van der Waals surface area contributed by atoms with E-state index >= 15 is 0 Å². The second-order valence-electron chi connectivity index (χ2n) is 5.42. The third kappa shape index (κ3) is 4.06. The average Bonchev–Trinajstić information content (AvgIpc) is 3.15. The highest BCUT2D eigenvalue weighted by Gasteiger charge is 2.23. The van der Waals surface area contributed by atoms with Crippen molar-refractivity contribution in [2.75, 3.05) is 10.0 Å². The SMILES string of the molecule is Cc1cc(NC(=O)c2cc(S(=O)(=O)Nc3ccc(Cl)cc3)c(C)s2)no1. The van der Waals surface area contributed by atoms with Crippen LogP contribution >= 0.6 is 22.9 Å². The number of sulfonamides is 1. The van der Waals surface area contributed by atoms with E-state index in [-0.39, 0.29) is 15.6 Å². The number of benzene rings is 1. The number of thiophene rings is 1. The van der Waals surface area contributed by atoms with Crippen LogP contribution in [0.4, 0.5) is 11.5 Å². The molecule has 7 nitrogen and oxygen atoms in total. The maximum Gasteiger partial charge on any atom is 0.267 e. The van der Waals surface area contributed by atoms with Crippen molar-refractivity contribution < 1.29 is 17.7 Å². The first-order chi connectivity index (χ1) is 12.2.